The molecule has 0 spiro atoms. The topological polar surface area (TPSA) is 43.7 Å². The van der Waals surface area contributed by atoms with E-state index in [4.69, 9.17) is 14.5 Å². The first-order valence-electron chi connectivity index (χ1n) is 8.54. The summed E-state index contributed by atoms with van der Waals surface area (Å²) in [5.74, 6) is 1.47. The smallest absolute Gasteiger partial charge is 0.160 e. The molecule has 0 fully saturated rings. The van der Waals surface area contributed by atoms with E-state index in [0.717, 1.165) is 40.5 Å². The van der Waals surface area contributed by atoms with Crippen molar-refractivity contribution in [1.29, 1.82) is 0 Å². The number of methoxy groups -OCH3 is 2. The van der Waals surface area contributed by atoms with Gasteiger partial charge in [0, 0.05) is 18.3 Å². The number of aromatic nitrogens is 1. The van der Waals surface area contributed by atoms with Crippen LogP contribution in [-0.2, 0) is 6.42 Å². The van der Waals surface area contributed by atoms with Gasteiger partial charge in [0.15, 0.2) is 11.5 Å². The molecule has 0 atom stereocenters. The van der Waals surface area contributed by atoms with Crippen LogP contribution in [0.25, 0.3) is 0 Å². The van der Waals surface area contributed by atoms with E-state index in [1.165, 1.54) is 0 Å². The van der Waals surface area contributed by atoms with Crippen molar-refractivity contribution in [1.82, 2.24) is 4.98 Å². The molecule has 1 heterocycles. The van der Waals surface area contributed by atoms with Gasteiger partial charge >= 0.3 is 0 Å². The molecule has 0 aliphatic heterocycles. The van der Waals surface area contributed by atoms with Gasteiger partial charge in [0.2, 0.25) is 0 Å². The fraction of sp³-hybridized carbons (Fsp3) is 0.182. The maximum atomic E-state index is 5.37. The summed E-state index contributed by atoms with van der Waals surface area (Å²) in [6, 6.07) is 22.0. The lowest BCUT2D eigenvalue weighted by molar-refractivity contribution is 0.354. The van der Waals surface area contributed by atoms with Crippen molar-refractivity contribution >= 4 is 5.71 Å². The predicted octanol–water partition coefficient (Wildman–Crippen LogP) is 4.18. The number of aliphatic imine (C=N–C) groups is 1. The second kappa shape index (κ2) is 8.81. The van der Waals surface area contributed by atoms with Gasteiger partial charge in [-0.3, -0.25) is 9.98 Å². The minimum atomic E-state index is 0.663. The van der Waals surface area contributed by atoms with Gasteiger partial charge in [-0.15, -0.1) is 0 Å². The molecule has 0 aliphatic carbocycles. The Balaban J connectivity index is 1.81. The van der Waals surface area contributed by atoms with Crippen LogP contribution in [0.3, 0.4) is 0 Å². The van der Waals surface area contributed by atoms with Gasteiger partial charge in [-0.2, -0.15) is 0 Å². The van der Waals surface area contributed by atoms with E-state index in [2.05, 4.69) is 17.1 Å². The zero-order valence-electron chi connectivity index (χ0n) is 15.1. The first-order chi connectivity index (χ1) is 12.8. The molecule has 132 valence electrons. The van der Waals surface area contributed by atoms with Crippen LogP contribution < -0.4 is 9.47 Å². The Morgan fingerprint density at radius 2 is 1.65 bits per heavy atom. The number of rotatable bonds is 7. The highest BCUT2D eigenvalue weighted by Crippen LogP contribution is 2.27. The Hall–Kier alpha value is -3.14. The molecule has 0 aliphatic rings. The molecular weight excluding hydrogens is 324 g/mol. The largest absolute Gasteiger partial charge is 0.493 e. The van der Waals surface area contributed by atoms with Crippen LogP contribution in [0.1, 0.15) is 16.8 Å². The molecule has 0 bridgehead atoms. The summed E-state index contributed by atoms with van der Waals surface area (Å²) in [6.45, 7) is 0.663. The molecule has 4 nitrogen and oxygen atoms in total. The maximum Gasteiger partial charge on any atom is 0.160 e. The SMILES string of the molecule is COc1ccc(CCN=C(c2ccccc2)c2ccccn2)cc1OC. The number of nitrogens with zero attached hydrogens (tertiary/aromatic N) is 2. The molecule has 3 rings (SSSR count). The Bertz CT molecular complexity index is 820. The van der Waals surface area contributed by atoms with E-state index in [1.807, 2.05) is 54.6 Å². The van der Waals surface area contributed by atoms with Crippen LogP contribution in [0.15, 0.2) is 77.9 Å². The van der Waals surface area contributed by atoms with Crippen molar-refractivity contribution in [3.63, 3.8) is 0 Å². The Morgan fingerprint density at radius 1 is 0.885 bits per heavy atom. The van der Waals surface area contributed by atoms with Gasteiger partial charge in [-0.25, -0.2) is 0 Å². The molecule has 0 N–H and O–H groups in total. The molecule has 0 amide bonds. The van der Waals surface area contributed by atoms with Crippen LogP contribution in [0.2, 0.25) is 0 Å². The average Bonchev–Trinajstić information content (AvgIpc) is 2.72. The molecule has 26 heavy (non-hydrogen) atoms. The molecule has 4 heteroatoms. The third-order valence-corrected chi connectivity index (χ3v) is 4.07. The van der Waals surface area contributed by atoms with Gasteiger partial charge in [-0.05, 0) is 36.2 Å². The zero-order chi connectivity index (χ0) is 18.2. The summed E-state index contributed by atoms with van der Waals surface area (Å²) in [6.07, 6.45) is 2.60. The van der Waals surface area contributed by atoms with Gasteiger partial charge in [0.1, 0.15) is 0 Å². The molecule has 2 aromatic carbocycles. The number of hydrogen-bond acceptors (Lipinski definition) is 4. The summed E-state index contributed by atoms with van der Waals surface area (Å²) >= 11 is 0. The summed E-state index contributed by atoms with van der Waals surface area (Å²) < 4.78 is 10.7. The van der Waals surface area contributed by atoms with Crippen molar-refractivity contribution in [2.45, 2.75) is 6.42 Å². The molecule has 0 radical (unpaired) electrons. The quantitative estimate of drug-likeness (QED) is 0.603. The average molecular weight is 346 g/mol. The first kappa shape index (κ1) is 17.7. The van der Waals surface area contributed by atoms with Crippen LogP contribution in [0.5, 0.6) is 11.5 Å². The van der Waals surface area contributed by atoms with Gasteiger partial charge in [-0.1, -0.05) is 42.5 Å². The Morgan fingerprint density at radius 3 is 2.35 bits per heavy atom. The summed E-state index contributed by atoms with van der Waals surface area (Å²) in [5, 5.41) is 0. The summed E-state index contributed by atoms with van der Waals surface area (Å²) in [7, 11) is 3.29. The fourth-order valence-corrected chi connectivity index (χ4v) is 2.75. The van der Waals surface area contributed by atoms with E-state index in [9.17, 15) is 0 Å². The summed E-state index contributed by atoms with van der Waals surface area (Å²) in [4.78, 5) is 9.30. The minimum Gasteiger partial charge on any atom is -0.493 e. The third-order valence-electron chi connectivity index (χ3n) is 4.07. The van der Waals surface area contributed by atoms with Crippen LogP contribution in [-0.4, -0.2) is 31.5 Å². The molecule has 3 aromatic rings. The van der Waals surface area contributed by atoms with E-state index in [1.54, 1.807) is 20.4 Å². The van der Waals surface area contributed by atoms with Gasteiger partial charge in [0.05, 0.1) is 25.6 Å². The monoisotopic (exact) mass is 346 g/mol. The van der Waals surface area contributed by atoms with Crippen LogP contribution >= 0.6 is 0 Å². The molecule has 1 aromatic heterocycles. The van der Waals surface area contributed by atoms with E-state index >= 15 is 0 Å². The normalized spacial score (nSPS) is 11.2. The van der Waals surface area contributed by atoms with Crippen LogP contribution in [0.4, 0.5) is 0 Å². The third kappa shape index (κ3) is 4.28. The molecule has 0 saturated carbocycles. The van der Waals surface area contributed by atoms with Crippen molar-refractivity contribution in [2.24, 2.45) is 4.99 Å². The second-order valence-electron chi connectivity index (χ2n) is 5.75. The lowest BCUT2D eigenvalue weighted by atomic mass is 10.1. The summed E-state index contributed by atoms with van der Waals surface area (Å²) in [5.41, 5.74) is 4.01. The van der Waals surface area contributed by atoms with Gasteiger partial charge < -0.3 is 9.47 Å². The highest BCUT2D eigenvalue weighted by atomic mass is 16.5. The van der Waals surface area contributed by atoms with Crippen LogP contribution in [0, 0.1) is 0 Å². The second-order valence-corrected chi connectivity index (χ2v) is 5.75. The van der Waals surface area contributed by atoms with Crippen molar-refractivity contribution in [3.05, 3.63) is 89.7 Å². The van der Waals surface area contributed by atoms with E-state index in [0.29, 0.717) is 6.54 Å². The standard InChI is InChI=1S/C22H22N2O2/c1-25-20-12-11-17(16-21(20)26-2)13-15-24-22(18-8-4-3-5-9-18)19-10-6-7-14-23-19/h3-12,14,16H,13,15H2,1-2H3. The molecule has 0 saturated heterocycles. The van der Waals surface area contributed by atoms with Gasteiger partial charge in [0.25, 0.3) is 0 Å². The zero-order valence-corrected chi connectivity index (χ0v) is 15.1. The number of ether oxygens (including phenoxy) is 2. The highest BCUT2D eigenvalue weighted by molar-refractivity contribution is 6.11. The van der Waals surface area contributed by atoms with Crippen molar-refractivity contribution in [2.75, 3.05) is 20.8 Å². The predicted molar refractivity (Wildman–Crippen MR) is 104 cm³/mol. The van der Waals surface area contributed by atoms with Crippen molar-refractivity contribution < 1.29 is 9.47 Å². The molecular formula is C22H22N2O2. The Labute approximate surface area is 154 Å². The first-order valence-corrected chi connectivity index (χ1v) is 8.54. The van der Waals surface area contributed by atoms with E-state index < -0.39 is 0 Å². The number of hydrogen-bond donors (Lipinski definition) is 0. The lowest BCUT2D eigenvalue weighted by Gasteiger charge is -2.10. The fourth-order valence-electron chi connectivity index (χ4n) is 2.75. The number of pyridine rings is 1. The highest BCUT2D eigenvalue weighted by Gasteiger charge is 2.08. The Kier molecular flexibility index (Phi) is 5.99. The number of benzene rings is 2. The molecule has 0 unspecified atom stereocenters. The van der Waals surface area contributed by atoms with E-state index in [-0.39, 0.29) is 0 Å². The van der Waals surface area contributed by atoms with Crippen molar-refractivity contribution in [3.8, 4) is 11.5 Å². The maximum absolute atomic E-state index is 5.37. The minimum absolute atomic E-state index is 0.663. The lowest BCUT2D eigenvalue weighted by Crippen LogP contribution is -2.07.